The van der Waals surface area contributed by atoms with Gasteiger partial charge in [-0.15, -0.1) is 0 Å². The number of hydrogen-bond acceptors (Lipinski definition) is 5. The number of carbonyl (C=O) groups excluding carboxylic acids is 3. The number of imide groups is 1. The Labute approximate surface area is 164 Å². The SMILES string of the molecule is CCOC(=O)[C@@]1(CCSC)[NH2+][C@@H](c2cccc(C)c2)[C@H]2C(=O)N(C)C(=O)[C@@H]21. The zero-order valence-electron chi connectivity index (χ0n) is 16.2. The van der Waals surface area contributed by atoms with Gasteiger partial charge < -0.3 is 10.1 Å². The molecule has 2 fully saturated rings. The van der Waals surface area contributed by atoms with Crippen molar-refractivity contribution in [1.29, 1.82) is 0 Å². The predicted molar refractivity (Wildman–Crippen MR) is 103 cm³/mol. The van der Waals surface area contributed by atoms with Gasteiger partial charge in [0.15, 0.2) is 0 Å². The second kappa shape index (κ2) is 7.64. The summed E-state index contributed by atoms with van der Waals surface area (Å²) in [6, 6.07) is 7.67. The summed E-state index contributed by atoms with van der Waals surface area (Å²) in [6.07, 6.45) is 2.46. The van der Waals surface area contributed by atoms with Gasteiger partial charge in [-0.25, -0.2) is 4.79 Å². The summed E-state index contributed by atoms with van der Waals surface area (Å²) in [4.78, 5) is 40.2. The van der Waals surface area contributed by atoms with Gasteiger partial charge in [0, 0.05) is 19.0 Å². The quantitative estimate of drug-likeness (QED) is 0.576. The average Bonchev–Trinajstić information content (AvgIpc) is 3.11. The summed E-state index contributed by atoms with van der Waals surface area (Å²) >= 11 is 1.62. The van der Waals surface area contributed by atoms with Gasteiger partial charge in [0.2, 0.25) is 17.4 Å². The van der Waals surface area contributed by atoms with Crippen molar-refractivity contribution in [3.05, 3.63) is 35.4 Å². The zero-order chi connectivity index (χ0) is 19.8. The molecule has 2 aliphatic heterocycles. The number of fused-ring (bicyclic) bond motifs is 1. The summed E-state index contributed by atoms with van der Waals surface area (Å²) in [5.41, 5.74) is 0.993. The zero-order valence-corrected chi connectivity index (χ0v) is 17.0. The van der Waals surface area contributed by atoms with E-state index in [4.69, 9.17) is 4.74 Å². The van der Waals surface area contributed by atoms with Crippen LogP contribution in [-0.4, -0.2) is 53.9 Å². The number of likely N-dealkylation sites (tertiary alicyclic amines) is 1. The maximum absolute atomic E-state index is 13.1. The Balaban J connectivity index is 2.12. The number of esters is 1. The van der Waals surface area contributed by atoms with E-state index in [2.05, 4.69) is 0 Å². The first-order chi connectivity index (χ1) is 12.9. The van der Waals surface area contributed by atoms with Crippen LogP contribution in [0.25, 0.3) is 0 Å². The third-order valence-corrected chi connectivity index (χ3v) is 6.41. The topological polar surface area (TPSA) is 80.3 Å². The third-order valence-electron chi connectivity index (χ3n) is 5.79. The molecule has 2 aliphatic rings. The summed E-state index contributed by atoms with van der Waals surface area (Å²) in [6.45, 7) is 4.01. The molecule has 2 N–H and O–H groups in total. The van der Waals surface area contributed by atoms with Crippen molar-refractivity contribution in [2.45, 2.75) is 31.8 Å². The van der Waals surface area contributed by atoms with E-state index in [0.717, 1.165) is 11.1 Å². The molecule has 27 heavy (non-hydrogen) atoms. The minimum atomic E-state index is -1.06. The molecule has 6 nitrogen and oxygen atoms in total. The number of benzene rings is 1. The van der Waals surface area contributed by atoms with E-state index < -0.39 is 17.4 Å². The predicted octanol–water partition coefficient (Wildman–Crippen LogP) is 0.899. The van der Waals surface area contributed by atoms with Gasteiger partial charge in [0.05, 0.1) is 6.61 Å². The molecule has 0 saturated carbocycles. The lowest BCUT2D eigenvalue weighted by molar-refractivity contribution is -0.734. The van der Waals surface area contributed by atoms with Gasteiger partial charge in [0.1, 0.15) is 17.9 Å². The number of rotatable bonds is 6. The van der Waals surface area contributed by atoms with Crippen LogP contribution in [-0.2, 0) is 19.1 Å². The van der Waals surface area contributed by atoms with Crippen molar-refractivity contribution < 1.29 is 24.4 Å². The number of amides is 2. The molecule has 0 radical (unpaired) electrons. The Morgan fingerprint density at radius 1 is 1.33 bits per heavy atom. The van der Waals surface area contributed by atoms with E-state index in [1.54, 1.807) is 18.7 Å². The van der Waals surface area contributed by atoms with E-state index in [9.17, 15) is 14.4 Å². The molecule has 146 valence electrons. The summed E-state index contributed by atoms with van der Waals surface area (Å²) in [5, 5.41) is 1.94. The Bertz CT molecular complexity index is 768. The number of nitrogens with two attached hydrogens (primary N) is 1. The van der Waals surface area contributed by atoms with Crippen molar-refractivity contribution in [3.8, 4) is 0 Å². The number of nitrogens with zero attached hydrogens (tertiary/aromatic N) is 1. The molecule has 2 amide bonds. The molecular weight excluding hydrogens is 364 g/mol. The lowest BCUT2D eigenvalue weighted by Crippen LogP contribution is -2.98. The Morgan fingerprint density at radius 3 is 2.70 bits per heavy atom. The molecule has 0 spiro atoms. The number of carbonyl (C=O) groups is 3. The fraction of sp³-hybridized carbons (Fsp3) is 0.550. The van der Waals surface area contributed by atoms with Crippen LogP contribution >= 0.6 is 11.8 Å². The molecule has 2 saturated heterocycles. The van der Waals surface area contributed by atoms with E-state index >= 15 is 0 Å². The lowest BCUT2D eigenvalue weighted by Gasteiger charge is -2.29. The molecule has 1 aromatic carbocycles. The minimum Gasteiger partial charge on any atom is -0.461 e. The van der Waals surface area contributed by atoms with Crippen molar-refractivity contribution in [2.24, 2.45) is 11.8 Å². The molecule has 0 aliphatic carbocycles. The monoisotopic (exact) mass is 391 g/mol. The van der Waals surface area contributed by atoms with E-state index in [-0.39, 0.29) is 30.4 Å². The maximum Gasteiger partial charge on any atom is 0.368 e. The van der Waals surface area contributed by atoms with Gasteiger partial charge in [-0.3, -0.25) is 14.5 Å². The van der Waals surface area contributed by atoms with Gasteiger partial charge in [0.25, 0.3) is 0 Å². The van der Waals surface area contributed by atoms with Crippen molar-refractivity contribution in [1.82, 2.24) is 4.90 Å². The van der Waals surface area contributed by atoms with Crippen LogP contribution < -0.4 is 5.32 Å². The molecule has 2 heterocycles. The Morgan fingerprint density at radius 2 is 2.07 bits per heavy atom. The van der Waals surface area contributed by atoms with Crippen LogP contribution in [0.3, 0.4) is 0 Å². The highest BCUT2D eigenvalue weighted by Gasteiger charge is 2.71. The summed E-state index contributed by atoms with van der Waals surface area (Å²) in [7, 11) is 1.51. The molecule has 0 unspecified atom stereocenters. The van der Waals surface area contributed by atoms with Gasteiger partial charge in [-0.05, 0) is 25.9 Å². The minimum absolute atomic E-state index is 0.205. The highest BCUT2D eigenvalue weighted by Crippen LogP contribution is 2.45. The van der Waals surface area contributed by atoms with Crippen molar-refractivity contribution >= 4 is 29.5 Å². The van der Waals surface area contributed by atoms with E-state index in [0.29, 0.717) is 12.2 Å². The van der Waals surface area contributed by atoms with Crippen LogP contribution in [0.15, 0.2) is 24.3 Å². The lowest BCUT2D eigenvalue weighted by atomic mass is 9.77. The normalized spacial score (nSPS) is 29.9. The Kier molecular flexibility index (Phi) is 5.63. The summed E-state index contributed by atoms with van der Waals surface area (Å²) in [5.74, 6) is -1.39. The van der Waals surface area contributed by atoms with Crippen LogP contribution in [0, 0.1) is 18.8 Å². The highest BCUT2D eigenvalue weighted by atomic mass is 32.2. The second-order valence-corrected chi connectivity index (χ2v) is 8.33. The second-order valence-electron chi connectivity index (χ2n) is 7.35. The van der Waals surface area contributed by atoms with Crippen LogP contribution in [0.5, 0.6) is 0 Å². The van der Waals surface area contributed by atoms with Gasteiger partial charge in [-0.1, -0.05) is 29.8 Å². The standard InChI is InChI=1S/C20H26N2O4S/c1-5-26-19(25)20(9-10-27-4)15-14(17(23)22(3)18(15)24)16(21-20)13-8-6-7-12(2)11-13/h6-8,11,14-16,21H,5,9-10H2,1-4H3/p+1/t14-,15+,16-,20-/m0/s1. The number of quaternary nitrogens is 1. The largest absolute Gasteiger partial charge is 0.461 e. The number of thioether (sulfide) groups is 1. The van der Waals surface area contributed by atoms with Crippen molar-refractivity contribution in [3.63, 3.8) is 0 Å². The highest BCUT2D eigenvalue weighted by molar-refractivity contribution is 7.98. The third kappa shape index (κ3) is 3.17. The van der Waals surface area contributed by atoms with Crippen LogP contribution in [0.1, 0.15) is 30.5 Å². The van der Waals surface area contributed by atoms with E-state index in [1.807, 2.05) is 42.8 Å². The number of hydrogen-bond donors (Lipinski definition) is 1. The fourth-order valence-electron chi connectivity index (χ4n) is 4.52. The summed E-state index contributed by atoms with van der Waals surface area (Å²) < 4.78 is 5.40. The molecule has 1 aromatic rings. The van der Waals surface area contributed by atoms with Crippen LogP contribution in [0.2, 0.25) is 0 Å². The molecule has 0 aromatic heterocycles. The average molecular weight is 392 g/mol. The first-order valence-electron chi connectivity index (χ1n) is 9.27. The smallest absolute Gasteiger partial charge is 0.368 e. The van der Waals surface area contributed by atoms with Crippen LogP contribution in [0.4, 0.5) is 0 Å². The van der Waals surface area contributed by atoms with Gasteiger partial charge in [-0.2, -0.15) is 11.8 Å². The van der Waals surface area contributed by atoms with E-state index in [1.165, 1.54) is 11.9 Å². The van der Waals surface area contributed by atoms with Crippen molar-refractivity contribution in [2.75, 3.05) is 25.7 Å². The number of ether oxygens (including phenoxy) is 1. The molecule has 4 atom stereocenters. The molecular formula is C20H27N2O4S+. The molecule has 0 bridgehead atoms. The first kappa shape index (κ1) is 19.9. The molecule has 7 heteroatoms. The van der Waals surface area contributed by atoms with Gasteiger partial charge >= 0.3 is 5.97 Å². The maximum atomic E-state index is 13.1. The first-order valence-corrected chi connectivity index (χ1v) is 10.7. The number of aryl methyl sites for hydroxylation is 1. The Hall–Kier alpha value is -1.86. The fourth-order valence-corrected chi connectivity index (χ4v) is 5.06. The molecule has 3 rings (SSSR count).